The number of furan rings is 1. The van der Waals surface area contributed by atoms with E-state index in [9.17, 15) is 4.39 Å². The van der Waals surface area contributed by atoms with Gasteiger partial charge in [-0.2, -0.15) is 0 Å². The molecule has 1 aromatic carbocycles. The van der Waals surface area contributed by atoms with Gasteiger partial charge in [-0.1, -0.05) is 11.3 Å². The minimum atomic E-state index is -0.257. The summed E-state index contributed by atoms with van der Waals surface area (Å²) in [5, 5.41) is 6.50. The van der Waals surface area contributed by atoms with Gasteiger partial charge < -0.3 is 9.73 Å². The summed E-state index contributed by atoms with van der Waals surface area (Å²) in [5.41, 5.74) is 1.56. The zero-order valence-electron chi connectivity index (χ0n) is 11.5. The molecule has 3 aromatic heterocycles. The predicted octanol–water partition coefficient (Wildman–Crippen LogP) is 5.20. The van der Waals surface area contributed by atoms with Crippen molar-refractivity contribution in [2.24, 2.45) is 0 Å². The molecule has 0 aliphatic heterocycles. The lowest BCUT2D eigenvalue weighted by Crippen LogP contribution is -1.87. The molecule has 3 heterocycles. The number of halogens is 1. The van der Waals surface area contributed by atoms with Crippen molar-refractivity contribution < 1.29 is 8.81 Å². The first-order valence-electron chi connectivity index (χ1n) is 6.53. The minimum absolute atomic E-state index is 0.257. The van der Waals surface area contributed by atoms with Gasteiger partial charge >= 0.3 is 0 Å². The van der Waals surface area contributed by atoms with Crippen LogP contribution in [0.3, 0.4) is 0 Å². The standard InChI is InChI=1S/C15H10FN3OS2/c1-8-2-5-12(20-8)11-7-21-14(18-11)19-15-17-10-4-3-9(16)6-13(10)22-15/h2-7H,1H3,(H,17,18,19). The van der Waals surface area contributed by atoms with Gasteiger partial charge in [-0.25, -0.2) is 14.4 Å². The molecule has 4 aromatic rings. The Kier molecular flexibility index (Phi) is 3.16. The Morgan fingerprint density at radius 3 is 2.86 bits per heavy atom. The fourth-order valence-corrected chi connectivity index (χ4v) is 3.71. The van der Waals surface area contributed by atoms with Crippen LogP contribution in [0.4, 0.5) is 14.7 Å². The average molecular weight is 331 g/mol. The first kappa shape index (κ1) is 13.4. The van der Waals surface area contributed by atoms with E-state index in [1.807, 2.05) is 24.4 Å². The number of hydrogen-bond acceptors (Lipinski definition) is 6. The van der Waals surface area contributed by atoms with Crippen LogP contribution in [-0.4, -0.2) is 9.97 Å². The van der Waals surface area contributed by atoms with Gasteiger partial charge in [0, 0.05) is 5.38 Å². The van der Waals surface area contributed by atoms with Gasteiger partial charge in [0.1, 0.15) is 17.3 Å². The van der Waals surface area contributed by atoms with Crippen molar-refractivity contribution in [3.8, 4) is 11.5 Å². The molecule has 0 saturated heterocycles. The molecular formula is C15H10FN3OS2. The van der Waals surface area contributed by atoms with Crippen LogP contribution in [0.25, 0.3) is 21.7 Å². The summed E-state index contributed by atoms with van der Waals surface area (Å²) in [6.45, 7) is 1.90. The van der Waals surface area contributed by atoms with Crippen molar-refractivity contribution in [2.75, 3.05) is 5.32 Å². The topological polar surface area (TPSA) is 51.0 Å². The monoisotopic (exact) mass is 331 g/mol. The molecule has 110 valence electrons. The van der Waals surface area contributed by atoms with Crippen molar-refractivity contribution in [1.82, 2.24) is 9.97 Å². The number of thiazole rings is 2. The molecule has 0 aliphatic rings. The maximum Gasteiger partial charge on any atom is 0.190 e. The van der Waals surface area contributed by atoms with Gasteiger partial charge in [0.05, 0.1) is 10.2 Å². The van der Waals surface area contributed by atoms with Crippen LogP contribution in [0.2, 0.25) is 0 Å². The second-order valence-electron chi connectivity index (χ2n) is 4.70. The Balaban J connectivity index is 1.61. The minimum Gasteiger partial charge on any atom is -0.460 e. The number of nitrogens with one attached hydrogen (secondary N) is 1. The van der Waals surface area contributed by atoms with Crippen LogP contribution in [-0.2, 0) is 0 Å². The van der Waals surface area contributed by atoms with Gasteiger partial charge in [-0.15, -0.1) is 11.3 Å². The highest BCUT2D eigenvalue weighted by Gasteiger charge is 2.10. The molecule has 0 spiro atoms. The van der Waals surface area contributed by atoms with Crippen molar-refractivity contribution >= 4 is 43.2 Å². The van der Waals surface area contributed by atoms with Crippen LogP contribution < -0.4 is 5.32 Å². The van der Waals surface area contributed by atoms with Crippen molar-refractivity contribution in [2.45, 2.75) is 6.92 Å². The van der Waals surface area contributed by atoms with E-state index in [1.165, 1.54) is 34.8 Å². The second-order valence-corrected chi connectivity index (χ2v) is 6.59. The summed E-state index contributed by atoms with van der Waals surface area (Å²) < 4.78 is 19.6. The highest BCUT2D eigenvalue weighted by molar-refractivity contribution is 7.22. The summed E-state index contributed by atoms with van der Waals surface area (Å²) in [5.74, 6) is 1.34. The lowest BCUT2D eigenvalue weighted by Gasteiger charge is -1.94. The van der Waals surface area contributed by atoms with E-state index in [2.05, 4.69) is 15.3 Å². The average Bonchev–Trinajstić information content (AvgIpc) is 3.18. The SMILES string of the molecule is Cc1ccc(-c2csc(Nc3nc4ccc(F)cc4s3)n2)o1. The van der Waals surface area contributed by atoms with Gasteiger partial charge in [0.25, 0.3) is 0 Å². The highest BCUT2D eigenvalue weighted by atomic mass is 32.1. The Morgan fingerprint density at radius 2 is 2.05 bits per heavy atom. The molecule has 4 nitrogen and oxygen atoms in total. The fourth-order valence-electron chi connectivity index (χ4n) is 2.06. The summed E-state index contributed by atoms with van der Waals surface area (Å²) in [7, 11) is 0. The zero-order valence-corrected chi connectivity index (χ0v) is 13.1. The molecule has 22 heavy (non-hydrogen) atoms. The normalized spacial score (nSPS) is 11.2. The van der Waals surface area contributed by atoms with E-state index >= 15 is 0 Å². The third-order valence-electron chi connectivity index (χ3n) is 3.06. The van der Waals surface area contributed by atoms with Crippen LogP contribution >= 0.6 is 22.7 Å². The molecule has 0 amide bonds. The van der Waals surface area contributed by atoms with Crippen molar-refractivity contribution in [3.05, 3.63) is 47.3 Å². The van der Waals surface area contributed by atoms with Gasteiger partial charge in [-0.05, 0) is 37.3 Å². The number of aryl methyl sites for hydroxylation is 1. The summed E-state index contributed by atoms with van der Waals surface area (Å²) >= 11 is 2.87. The second kappa shape index (κ2) is 5.19. The first-order chi connectivity index (χ1) is 10.7. The molecule has 0 fully saturated rings. The highest BCUT2D eigenvalue weighted by Crippen LogP contribution is 2.32. The molecule has 1 N–H and O–H groups in total. The Hall–Kier alpha value is -2.25. The van der Waals surface area contributed by atoms with E-state index < -0.39 is 0 Å². The quantitative estimate of drug-likeness (QED) is 0.560. The van der Waals surface area contributed by atoms with Crippen molar-refractivity contribution in [3.63, 3.8) is 0 Å². The van der Waals surface area contributed by atoms with Gasteiger partial charge in [-0.3, -0.25) is 0 Å². The summed E-state index contributed by atoms with van der Waals surface area (Å²) in [6.07, 6.45) is 0. The molecule has 0 bridgehead atoms. The molecular weight excluding hydrogens is 321 g/mol. The molecule has 0 aliphatic carbocycles. The summed E-state index contributed by atoms with van der Waals surface area (Å²) in [4.78, 5) is 8.90. The third kappa shape index (κ3) is 2.49. The van der Waals surface area contributed by atoms with E-state index in [-0.39, 0.29) is 5.82 Å². The fraction of sp³-hybridized carbons (Fsp3) is 0.0667. The van der Waals surface area contributed by atoms with Gasteiger partial charge in [0.15, 0.2) is 16.0 Å². The lowest BCUT2D eigenvalue weighted by atomic mass is 10.3. The maximum absolute atomic E-state index is 13.2. The zero-order chi connectivity index (χ0) is 15.1. The van der Waals surface area contributed by atoms with E-state index in [0.717, 1.165) is 32.6 Å². The smallest absolute Gasteiger partial charge is 0.190 e. The van der Waals surface area contributed by atoms with E-state index in [0.29, 0.717) is 5.13 Å². The first-order valence-corrected chi connectivity index (χ1v) is 8.22. The third-order valence-corrected chi connectivity index (χ3v) is 4.75. The molecule has 0 saturated carbocycles. The van der Waals surface area contributed by atoms with E-state index in [4.69, 9.17) is 4.42 Å². The lowest BCUT2D eigenvalue weighted by molar-refractivity contribution is 0.547. The molecule has 0 radical (unpaired) electrons. The Morgan fingerprint density at radius 1 is 1.14 bits per heavy atom. The number of benzene rings is 1. The number of rotatable bonds is 3. The maximum atomic E-state index is 13.2. The van der Waals surface area contributed by atoms with Crippen LogP contribution in [0.15, 0.2) is 40.1 Å². The number of anilines is 2. The van der Waals surface area contributed by atoms with E-state index in [1.54, 1.807) is 6.07 Å². The Labute approximate surface area is 133 Å². The van der Waals surface area contributed by atoms with Crippen LogP contribution in [0.5, 0.6) is 0 Å². The number of hydrogen-bond donors (Lipinski definition) is 1. The van der Waals surface area contributed by atoms with Crippen molar-refractivity contribution in [1.29, 1.82) is 0 Å². The Bertz CT molecular complexity index is 957. The van der Waals surface area contributed by atoms with Crippen LogP contribution in [0.1, 0.15) is 5.76 Å². The van der Waals surface area contributed by atoms with Gasteiger partial charge in [0.2, 0.25) is 0 Å². The molecule has 4 rings (SSSR count). The largest absolute Gasteiger partial charge is 0.460 e. The number of nitrogens with zero attached hydrogens (tertiary/aromatic N) is 2. The summed E-state index contributed by atoms with van der Waals surface area (Å²) in [6, 6.07) is 8.37. The number of fused-ring (bicyclic) bond motifs is 1. The number of aromatic nitrogens is 2. The molecule has 0 unspecified atom stereocenters. The predicted molar refractivity (Wildman–Crippen MR) is 87.4 cm³/mol. The molecule has 7 heteroatoms. The molecule has 0 atom stereocenters. The van der Waals surface area contributed by atoms with Crippen LogP contribution in [0, 0.1) is 12.7 Å².